The summed E-state index contributed by atoms with van der Waals surface area (Å²) in [5.41, 5.74) is 8.15. The number of amides is 2. The summed E-state index contributed by atoms with van der Waals surface area (Å²) in [7, 11) is 1.61. The van der Waals surface area contributed by atoms with Crippen molar-refractivity contribution < 1.29 is 14.3 Å². The van der Waals surface area contributed by atoms with E-state index in [0.717, 1.165) is 35.5 Å². The predicted octanol–water partition coefficient (Wildman–Crippen LogP) is 3.33. The maximum absolute atomic E-state index is 13.2. The quantitative estimate of drug-likeness (QED) is 0.630. The Bertz CT molecular complexity index is 896. The third-order valence-electron chi connectivity index (χ3n) is 5.53. The third-order valence-corrected chi connectivity index (χ3v) is 5.53. The second kappa shape index (κ2) is 10.2. The average Bonchev–Trinajstić information content (AvgIpc) is 2.76. The molecule has 2 unspecified atom stereocenters. The minimum atomic E-state index is -0.388. The van der Waals surface area contributed by atoms with E-state index >= 15 is 0 Å². The van der Waals surface area contributed by atoms with Gasteiger partial charge in [0.05, 0.1) is 19.1 Å². The number of methoxy groups -OCH3 is 1. The number of likely N-dealkylation sites (tertiary alicyclic amines) is 1. The fourth-order valence-electron chi connectivity index (χ4n) is 4.02. The van der Waals surface area contributed by atoms with Gasteiger partial charge in [-0.1, -0.05) is 25.5 Å². The summed E-state index contributed by atoms with van der Waals surface area (Å²) in [5.74, 6) is 0.602. The Morgan fingerprint density at radius 1 is 1.19 bits per heavy atom. The van der Waals surface area contributed by atoms with Crippen LogP contribution in [0, 0.1) is 19.8 Å². The molecule has 31 heavy (non-hydrogen) atoms. The first-order valence-electron chi connectivity index (χ1n) is 10.7. The summed E-state index contributed by atoms with van der Waals surface area (Å²) in [5, 5.41) is 0. The number of hydrazine groups is 1. The van der Waals surface area contributed by atoms with Gasteiger partial charge in [0.1, 0.15) is 5.75 Å². The Morgan fingerprint density at radius 3 is 2.48 bits per heavy atom. The first kappa shape index (κ1) is 22.5. The van der Waals surface area contributed by atoms with E-state index in [-0.39, 0.29) is 23.8 Å². The first-order valence-corrected chi connectivity index (χ1v) is 10.7. The molecule has 2 heterocycles. The number of unbranched alkanes of at least 4 members (excludes halogenated alkanes) is 1. The smallest absolute Gasteiger partial charge is 0.243 e. The maximum atomic E-state index is 13.2. The zero-order chi connectivity index (χ0) is 22.4. The number of carbonyl (C=O) groups excluding carboxylic acids is 2. The number of ether oxygens (including phenoxy) is 1. The van der Waals surface area contributed by atoms with Crippen molar-refractivity contribution in [2.24, 2.45) is 5.92 Å². The van der Waals surface area contributed by atoms with E-state index in [9.17, 15) is 9.59 Å². The summed E-state index contributed by atoms with van der Waals surface area (Å²) in [4.78, 5) is 36.4. The summed E-state index contributed by atoms with van der Waals surface area (Å²) in [6.07, 6.45) is 2.71. The molecule has 2 amide bonds. The third kappa shape index (κ3) is 5.51. The summed E-state index contributed by atoms with van der Waals surface area (Å²) < 4.78 is 5.27. The van der Waals surface area contributed by atoms with Crippen LogP contribution in [0.2, 0.25) is 0 Å². The van der Waals surface area contributed by atoms with Crippen LogP contribution in [0.15, 0.2) is 30.3 Å². The van der Waals surface area contributed by atoms with Gasteiger partial charge in [-0.3, -0.25) is 20.4 Å². The van der Waals surface area contributed by atoms with Gasteiger partial charge in [0.15, 0.2) is 0 Å². The molecule has 1 aliphatic rings. The van der Waals surface area contributed by atoms with E-state index < -0.39 is 0 Å². The maximum Gasteiger partial charge on any atom is 0.243 e. The molecule has 3 rings (SSSR count). The molecule has 2 N–H and O–H groups in total. The van der Waals surface area contributed by atoms with Crippen molar-refractivity contribution in [1.29, 1.82) is 0 Å². The minimum absolute atomic E-state index is 0.0870. The van der Waals surface area contributed by atoms with E-state index in [1.165, 1.54) is 0 Å². The molecule has 1 aromatic carbocycles. The second-order valence-electron chi connectivity index (χ2n) is 7.89. The highest BCUT2D eigenvalue weighted by Crippen LogP contribution is 2.37. The lowest BCUT2D eigenvalue weighted by atomic mass is 9.83. The number of carbonyl (C=O) groups is 2. The van der Waals surface area contributed by atoms with Crippen molar-refractivity contribution in [2.45, 2.75) is 52.5 Å². The molecule has 0 bridgehead atoms. The van der Waals surface area contributed by atoms with Crippen LogP contribution < -0.4 is 15.6 Å². The molecular formula is C23H31N5O3. The van der Waals surface area contributed by atoms with Gasteiger partial charge in [0.25, 0.3) is 0 Å². The highest BCUT2D eigenvalue weighted by molar-refractivity contribution is 5.85. The number of benzene rings is 1. The molecule has 1 aliphatic heterocycles. The Balaban J connectivity index is 1.83. The zero-order valence-corrected chi connectivity index (χ0v) is 18.6. The van der Waals surface area contributed by atoms with Crippen LogP contribution >= 0.6 is 0 Å². The number of piperidine rings is 1. The number of nitrogens with one attached hydrogen (secondary N) is 2. The molecule has 0 aliphatic carbocycles. The topological polar surface area (TPSA) is 96.5 Å². The SMILES string of the molecule is CCCCN1C(=O)CCC(C(=O)NNc2nc(C)cc(C)n2)C1c1ccc(OC)cc1. The summed E-state index contributed by atoms with van der Waals surface area (Å²) in [6, 6.07) is 9.13. The molecule has 8 heteroatoms. The lowest BCUT2D eigenvalue weighted by Gasteiger charge is -2.41. The molecule has 1 fully saturated rings. The van der Waals surface area contributed by atoms with Crippen molar-refractivity contribution in [3.8, 4) is 5.75 Å². The van der Waals surface area contributed by atoms with Crippen molar-refractivity contribution >= 4 is 17.8 Å². The largest absolute Gasteiger partial charge is 0.497 e. The molecule has 8 nitrogen and oxygen atoms in total. The highest BCUT2D eigenvalue weighted by atomic mass is 16.5. The standard InChI is InChI=1S/C23H31N5O3/c1-5-6-13-28-20(29)12-11-19(21(28)17-7-9-18(31-4)10-8-17)22(30)26-27-23-24-15(2)14-16(3)25-23/h7-10,14,19,21H,5-6,11-13H2,1-4H3,(H,26,30)(H,24,25,27). The number of aromatic nitrogens is 2. The van der Waals surface area contributed by atoms with Crippen LogP contribution in [0.1, 0.15) is 55.6 Å². The number of rotatable bonds is 8. The minimum Gasteiger partial charge on any atom is -0.497 e. The first-order chi connectivity index (χ1) is 14.9. The fourth-order valence-corrected chi connectivity index (χ4v) is 4.02. The molecule has 1 aromatic heterocycles. The lowest BCUT2D eigenvalue weighted by molar-refractivity contribution is -0.143. The van der Waals surface area contributed by atoms with Crippen molar-refractivity contribution in [1.82, 2.24) is 20.3 Å². The van der Waals surface area contributed by atoms with Gasteiger partial charge >= 0.3 is 0 Å². The van der Waals surface area contributed by atoms with Crippen LogP contribution in [0.4, 0.5) is 5.95 Å². The summed E-state index contributed by atoms with van der Waals surface area (Å²) in [6.45, 7) is 6.47. The Hall–Kier alpha value is -3.16. The lowest BCUT2D eigenvalue weighted by Crippen LogP contribution is -2.49. The van der Waals surface area contributed by atoms with E-state index in [1.807, 2.05) is 49.1 Å². The molecule has 1 saturated heterocycles. The van der Waals surface area contributed by atoms with Crippen LogP contribution in [0.3, 0.4) is 0 Å². The van der Waals surface area contributed by atoms with Gasteiger partial charge in [-0.2, -0.15) is 0 Å². The van der Waals surface area contributed by atoms with E-state index in [2.05, 4.69) is 27.7 Å². The fraction of sp³-hybridized carbons (Fsp3) is 0.478. The van der Waals surface area contributed by atoms with Crippen LogP contribution in [-0.2, 0) is 9.59 Å². The second-order valence-corrected chi connectivity index (χ2v) is 7.89. The number of hydrogen-bond donors (Lipinski definition) is 2. The van der Waals surface area contributed by atoms with Crippen molar-refractivity contribution in [3.05, 3.63) is 47.3 Å². The normalized spacial score (nSPS) is 18.6. The predicted molar refractivity (Wildman–Crippen MR) is 118 cm³/mol. The van der Waals surface area contributed by atoms with Crippen LogP contribution in [-0.4, -0.2) is 40.3 Å². The Labute approximate surface area is 183 Å². The molecule has 0 saturated carbocycles. The van der Waals surface area contributed by atoms with Crippen molar-refractivity contribution in [3.63, 3.8) is 0 Å². The number of aryl methyl sites for hydroxylation is 2. The van der Waals surface area contributed by atoms with Gasteiger partial charge in [-0.05, 0) is 50.5 Å². The highest BCUT2D eigenvalue weighted by Gasteiger charge is 2.40. The Kier molecular flexibility index (Phi) is 7.44. The molecular weight excluding hydrogens is 394 g/mol. The van der Waals surface area contributed by atoms with E-state index in [1.54, 1.807) is 7.11 Å². The molecule has 2 aromatic rings. The number of nitrogens with zero attached hydrogens (tertiary/aromatic N) is 3. The zero-order valence-electron chi connectivity index (χ0n) is 18.6. The average molecular weight is 426 g/mol. The van der Waals surface area contributed by atoms with Crippen LogP contribution in [0.25, 0.3) is 0 Å². The number of hydrogen-bond acceptors (Lipinski definition) is 6. The van der Waals surface area contributed by atoms with Gasteiger partial charge in [-0.25, -0.2) is 9.97 Å². The van der Waals surface area contributed by atoms with E-state index in [0.29, 0.717) is 25.3 Å². The monoisotopic (exact) mass is 425 g/mol. The molecule has 2 atom stereocenters. The van der Waals surface area contributed by atoms with Gasteiger partial charge < -0.3 is 9.64 Å². The van der Waals surface area contributed by atoms with Gasteiger partial charge in [-0.15, -0.1) is 0 Å². The Morgan fingerprint density at radius 2 is 1.87 bits per heavy atom. The number of anilines is 1. The van der Waals surface area contributed by atoms with Gasteiger partial charge in [0, 0.05) is 24.4 Å². The van der Waals surface area contributed by atoms with Crippen LogP contribution in [0.5, 0.6) is 5.75 Å². The van der Waals surface area contributed by atoms with E-state index in [4.69, 9.17) is 4.74 Å². The van der Waals surface area contributed by atoms with Crippen molar-refractivity contribution in [2.75, 3.05) is 19.1 Å². The van der Waals surface area contributed by atoms with Gasteiger partial charge in [0.2, 0.25) is 17.8 Å². The molecule has 166 valence electrons. The molecule has 0 radical (unpaired) electrons. The molecule has 0 spiro atoms. The summed E-state index contributed by atoms with van der Waals surface area (Å²) >= 11 is 0.